The van der Waals surface area contributed by atoms with E-state index in [1.54, 1.807) is 0 Å². The number of nitrogens with zero attached hydrogens (tertiary/aromatic N) is 2. The zero-order chi connectivity index (χ0) is 16.2. The highest BCUT2D eigenvalue weighted by Gasteiger charge is 2.27. The Morgan fingerprint density at radius 2 is 2.22 bits per heavy atom. The molecule has 0 aliphatic carbocycles. The van der Waals surface area contributed by atoms with Gasteiger partial charge in [0, 0.05) is 18.0 Å². The smallest absolute Gasteiger partial charge is 0.273 e. The Labute approximate surface area is 140 Å². The van der Waals surface area contributed by atoms with Crippen LogP contribution in [0.2, 0.25) is 0 Å². The van der Waals surface area contributed by atoms with E-state index >= 15 is 0 Å². The summed E-state index contributed by atoms with van der Waals surface area (Å²) < 4.78 is 5.60. The van der Waals surface area contributed by atoms with Crippen LogP contribution < -0.4 is 5.32 Å². The molecule has 1 N–H and O–H groups in total. The van der Waals surface area contributed by atoms with E-state index in [9.17, 15) is 4.79 Å². The fourth-order valence-electron chi connectivity index (χ4n) is 2.99. The minimum Gasteiger partial charge on any atom is -0.459 e. The number of hydrogen-bond acceptors (Lipinski definition) is 5. The maximum Gasteiger partial charge on any atom is 0.273 e. The van der Waals surface area contributed by atoms with Crippen LogP contribution in [0.15, 0.2) is 21.9 Å². The first-order chi connectivity index (χ1) is 11.2. The summed E-state index contributed by atoms with van der Waals surface area (Å²) >= 11 is 1.46. The van der Waals surface area contributed by atoms with Crippen LogP contribution >= 0.6 is 11.3 Å². The lowest BCUT2D eigenvalue weighted by atomic mass is 10.0. The molecule has 0 saturated carbocycles. The molecule has 2 aromatic heterocycles. The summed E-state index contributed by atoms with van der Waals surface area (Å²) in [5.74, 6) is 1.63. The quantitative estimate of drug-likeness (QED) is 0.912. The molecule has 5 nitrogen and oxygen atoms in total. The molecule has 3 heterocycles. The molecule has 1 fully saturated rings. The minimum atomic E-state index is 0.0459. The zero-order valence-corrected chi connectivity index (χ0v) is 14.5. The third-order valence-corrected chi connectivity index (χ3v) is 5.01. The average Bonchev–Trinajstić information content (AvgIpc) is 3.21. The summed E-state index contributed by atoms with van der Waals surface area (Å²) in [5.41, 5.74) is 0.533. The van der Waals surface area contributed by atoms with Gasteiger partial charge in [0.15, 0.2) is 10.8 Å². The predicted octanol–water partition coefficient (Wildman–Crippen LogP) is 3.32. The van der Waals surface area contributed by atoms with Gasteiger partial charge in [0.25, 0.3) is 5.91 Å². The number of rotatable bonds is 5. The molecule has 1 aliphatic heterocycles. The molecule has 23 heavy (non-hydrogen) atoms. The van der Waals surface area contributed by atoms with Crippen LogP contribution in [0.25, 0.3) is 10.8 Å². The van der Waals surface area contributed by atoms with Crippen LogP contribution in [0.1, 0.15) is 42.4 Å². The molecule has 0 atom stereocenters. The highest BCUT2D eigenvalue weighted by molar-refractivity contribution is 7.13. The summed E-state index contributed by atoms with van der Waals surface area (Å²) in [7, 11) is 0. The first-order valence-corrected chi connectivity index (χ1v) is 9.11. The standard InChI is InChI=1S/C17H23N3O2S/c1-3-10-20(13-6-8-18-9-7-13)17(21)14-11-23-16(19-14)15-5-4-12(2)22-15/h4-5,11,13,18H,3,6-10H2,1-2H3. The van der Waals surface area contributed by atoms with Gasteiger partial charge in [-0.2, -0.15) is 0 Å². The molecule has 1 aliphatic rings. The number of aryl methyl sites for hydroxylation is 1. The molecule has 3 rings (SSSR count). The summed E-state index contributed by atoms with van der Waals surface area (Å²) in [6, 6.07) is 4.13. The second-order valence-corrected chi connectivity index (χ2v) is 6.79. The molecule has 1 saturated heterocycles. The van der Waals surface area contributed by atoms with E-state index in [1.165, 1.54) is 11.3 Å². The summed E-state index contributed by atoms with van der Waals surface area (Å²) in [6.07, 6.45) is 2.99. The average molecular weight is 333 g/mol. The number of nitrogens with one attached hydrogen (secondary N) is 1. The number of hydrogen-bond donors (Lipinski definition) is 1. The monoisotopic (exact) mass is 333 g/mol. The summed E-state index contributed by atoms with van der Waals surface area (Å²) in [5, 5.41) is 5.97. The van der Waals surface area contributed by atoms with E-state index in [0.717, 1.165) is 55.4 Å². The lowest BCUT2D eigenvalue weighted by Gasteiger charge is -2.34. The van der Waals surface area contributed by atoms with E-state index in [2.05, 4.69) is 17.2 Å². The van der Waals surface area contributed by atoms with Crippen LogP contribution in [0.4, 0.5) is 0 Å². The molecule has 0 unspecified atom stereocenters. The van der Waals surface area contributed by atoms with Gasteiger partial charge in [-0.25, -0.2) is 4.98 Å². The van der Waals surface area contributed by atoms with Crippen molar-refractivity contribution < 1.29 is 9.21 Å². The number of carbonyl (C=O) groups excluding carboxylic acids is 1. The van der Waals surface area contributed by atoms with Crippen LogP contribution in [0, 0.1) is 6.92 Å². The molecular formula is C17H23N3O2S. The first-order valence-electron chi connectivity index (χ1n) is 8.23. The molecule has 0 aromatic carbocycles. The second kappa shape index (κ2) is 7.27. The van der Waals surface area contributed by atoms with Crippen molar-refractivity contribution in [2.45, 2.75) is 39.2 Å². The van der Waals surface area contributed by atoms with Gasteiger partial charge in [-0.15, -0.1) is 11.3 Å². The normalized spacial score (nSPS) is 15.7. The van der Waals surface area contributed by atoms with Crippen molar-refractivity contribution in [1.29, 1.82) is 0 Å². The lowest BCUT2D eigenvalue weighted by Crippen LogP contribution is -2.46. The van der Waals surface area contributed by atoms with Gasteiger partial charge in [-0.05, 0) is 51.4 Å². The number of thiazole rings is 1. The number of amides is 1. The maximum absolute atomic E-state index is 12.9. The molecular weight excluding hydrogens is 310 g/mol. The van der Waals surface area contributed by atoms with Crippen LogP contribution in [-0.2, 0) is 0 Å². The van der Waals surface area contributed by atoms with Gasteiger partial charge < -0.3 is 14.6 Å². The van der Waals surface area contributed by atoms with Gasteiger partial charge in [0.2, 0.25) is 0 Å². The van der Waals surface area contributed by atoms with E-state index in [-0.39, 0.29) is 5.91 Å². The van der Waals surface area contributed by atoms with Crippen molar-refractivity contribution in [2.75, 3.05) is 19.6 Å². The predicted molar refractivity (Wildman–Crippen MR) is 91.8 cm³/mol. The Balaban J connectivity index is 1.78. The van der Waals surface area contributed by atoms with Crippen molar-refractivity contribution in [3.05, 3.63) is 29.0 Å². The van der Waals surface area contributed by atoms with Crippen molar-refractivity contribution in [3.8, 4) is 10.8 Å². The number of aromatic nitrogens is 1. The van der Waals surface area contributed by atoms with Gasteiger partial charge in [0.05, 0.1) is 0 Å². The van der Waals surface area contributed by atoms with E-state index in [4.69, 9.17) is 4.42 Å². The fraction of sp³-hybridized carbons (Fsp3) is 0.529. The summed E-state index contributed by atoms with van der Waals surface area (Å²) in [6.45, 7) is 6.76. The SMILES string of the molecule is CCCN(C(=O)c1csc(-c2ccc(C)o2)n1)C1CCNCC1. The first kappa shape index (κ1) is 16.2. The molecule has 0 radical (unpaired) electrons. The van der Waals surface area contributed by atoms with E-state index in [1.807, 2.05) is 29.3 Å². The van der Waals surface area contributed by atoms with Crippen LogP contribution in [-0.4, -0.2) is 41.5 Å². The third-order valence-electron chi connectivity index (χ3n) is 4.15. The van der Waals surface area contributed by atoms with Gasteiger partial charge in [-0.3, -0.25) is 4.79 Å². The number of furan rings is 1. The van der Waals surface area contributed by atoms with Crippen molar-refractivity contribution in [3.63, 3.8) is 0 Å². The molecule has 6 heteroatoms. The lowest BCUT2D eigenvalue weighted by molar-refractivity contribution is 0.0637. The Morgan fingerprint density at radius 3 is 2.87 bits per heavy atom. The minimum absolute atomic E-state index is 0.0459. The van der Waals surface area contributed by atoms with Crippen molar-refractivity contribution in [1.82, 2.24) is 15.2 Å². The Hall–Kier alpha value is -1.66. The Morgan fingerprint density at radius 1 is 1.43 bits per heavy atom. The van der Waals surface area contributed by atoms with E-state index in [0.29, 0.717) is 11.7 Å². The number of carbonyl (C=O) groups is 1. The molecule has 2 aromatic rings. The Kier molecular flexibility index (Phi) is 5.13. The van der Waals surface area contributed by atoms with Crippen LogP contribution in [0.5, 0.6) is 0 Å². The van der Waals surface area contributed by atoms with E-state index < -0.39 is 0 Å². The zero-order valence-electron chi connectivity index (χ0n) is 13.7. The number of piperidine rings is 1. The van der Waals surface area contributed by atoms with Crippen LogP contribution in [0.3, 0.4) is 0 Å². The highest BCUT2D eigenvalue weighted by Crippen LogP contribution is 2.26. The Bertz CT molecular complexity index is 658. The van der Waals surface area contributed by atoms with Gasteiger partial charge in [0.1, 0.15) is 11.5 Å². The van der Waals surface area contributed by atoms with Crippen molar-refractivity contribution in [2.24, 2.45) is 0 Å². The maximum atomic E-state index is 12.9. The van der Waals surface area contributed by atoms with Gasteiger partial charge in [-0.1, -0.05) is 6.92 Å². The highest BCUT2D eigenvalue weighted by atomic mass is 32.1. The molecule has 0 bridgehead atoms. The second-order valence-electron chi connectivity index (χ2n) is 5.93. The molecule has 1 amide bonds. The largest absolute Gasteiger partial charge is 0.459 e. The van der Waals surface area contributed by atoms with Gasteiger partial charge >= 0.3 is 0 Å². The fourth-order valence-corrected chi connectivity index (χ4v) is 3.74. The molecule has 0 spiro atoms. The van der Waals surface area contributed by atoms with Crippen molar-refractivity contribution >= 4 is 17.2 Å². The third kappa shape index (κ3) is 3.64. The summed E-state index contributed by atoms with van der Waals surface area (Å²) in [4.78, 5) is 19.4. The molecule has 124 valence electrons. The topological polar surface area (TPSA) is 58.4 Å².